The van der Waals surface area contributed by atoms with Gasteiger partial charge in [0.1, 0.15) is 5.82 Å². The van der Waals surface area contributed by atoms with Crippen molar-refractivity contribution < 1.29 is 14.3 Å². The highest BCUT2D eigenvalue weighted by Gasteiger charge is 2.16. The number of hydrogen-bond donors (Lipinski definition) is 1. The summed E-state index contributed by atoms with van der Waals surface area (Å²) < 4.78 is 4.98. The van der Waals surface area contributed by atoms with Crippen molar-refractivity contribution >= 4 is 29.1 Å². The number of esters is 1. The molecule has 148 valence electrons. The van der Waals surface area contributed by atoms with Gasteiger partial charge in [0, 0.05) is 29.7 Å². The summed E-state index contributed by atoms with van der Waals surface area (Å²) in [4.78, 5) is 30.7. The minimum atomic E-state index is -0.356. The molecule has 1 amide bonds. The van der Waals surface area contributed by atoms with Crippen molar-refractivity contribution in [3.8, 4) is 0 Å². The number of pyridine rings is 1. The van der Waals surface area contributed by atoms with Crippen molar-refractivity contribution in [3.63, 3.8) is 0 Å². The summed E-state index contributed by atoms with van der Waals surface area (Å²) >= 11 is 0. The highest BCUT2D eigenvalue weighted by atomic mass is 16.5. The second-order valence-corrected chi connectivity index (χ2v) is 6.24. The second kappa shape index (κ2) is 9.50. The van der Waals surface area contributed by atoms with Crippen LogP contribution >= 0.6 is 0 Å². The zero-order valence-electron chi connectivity index (χ0n) is 16.5. The molecule has 2 aromatic carbocycles. The average Bonchev–Trinajstić information content (AvgIpc) is 2.76. The van der Waals surface area contributed by atoms with Crippen molar-refractivity contribution in [1.29, 1.82) is 0 Å². The Bertz CT molecular complexity index is 972. The maximum Gasteiger partial charge on any atom is 0.338 e. The first-order valence-corrected chi connectivity index (χ1v) is 9.49. The summed E-state index contributed by atoms with van der Waals surface area (Å²) in [5.41, 5.74) is 2.62. The van der Waals surface area contributed by atoms with Gasteiger partial charge in [-0.1, -0.05) is 18.2 Å². The number of carbonyl (C=O) groups is 2. The molecule has 0 unspecified atom stereocenters. The van der Waals surface area contributed by atoms with Crippen LogP contribution in [0.3, 0.4) is 0 Å². The van der Waals surface area contributed by atoms with Gasteiger partial charge in [0.05, 0.1) is 12.2 Å². The topological polar surface area (TPSA) is 71.5 Å². The number of rotatable bonds is 7. The molecule has 0 fully saturated rings. The van der Waals surface area contributed by atoms with E-state index in [-0.39, 0.29) is 11.9 Å². The molecule has 6 heteroatoms. The van der Waals surface area contributed by atoms with Gasteiger partial charge in [-0.15, -0.1) is 0 Å². The Kier molecular flexibility index (Phi) is 6.58. The third-order valence-corrected chi connectivity index (χ3v) is 4.30. The molecule has 0 aliphatic rings. The number of ether oxygens (including phenoxy) is 1. The standard InChI is InChI=1S/C23H23N3O3/c1-3-26(20-8-6-5-7-9-20)22(27)18-14-15-24-21(16-18)25-19-12-10-17(11-13-19)23(28)29-4-2/h5-16H,3-4H2,1-2H3,(H,24,25). The molecule has 0 atom stereocenters. The largest absolute Gasteiger partial charge is 0.462 e. The number of carbonyl (C=O) groups excluding carboxylic acids is 2. The van der Waals surface area contributed by atoms with Gasteiger partial charge in [-0.3, -0.25) is 4.79 Å². The summed E-state index contributed by atoms with van der Waals surface area (Å²) in [6.45, 7) is 4.60. The van der Waals surface area contributed by atoms with Crippen molar-refractivity contribution in [3.05, 3.63) is 84.1 Å². The Labute approximate surface area is 170 Å². The molecule has 1 heterocycles. The molecule has 29 heavy (non-hydrogen) atoms. The van der Waals surface area contributed by atoms with Crippen molar-refractivity contribution in [2.75, 3.05) is 23.4 Å². The highest BCUT2D eigenvalue weighted by Crippen LogP contribution is 2.20. The Hall–Kier alpha value is -3.67. The molecular weight excluding hydrogens is 366 g/mol. The van der Waals surface area contributed by atoms with Crippen LogP contribution in [0.15, 0.2) is 72.9 Å². The van der Waals surface area contributed by atoms with Crippen LogP contribution in [0.25, 0.3) is 0 Å². The first-order valence-electron chi connectivity index (χ1n) is 9.49. The van der Waals surface area contributed by atoms with Crippen LogP contribution in [-0.4, -0.2) is 30.0 Å². The lowest BCUT2D eigenvalue weighted by Gasteiger charge is -2.21. The van der Waals surface area contributed by atoms with Crippen LogP contribution in [0, 0.1) is 0 Å². The zero-order valence-corrected chi connectivity index (χ0v) is 16.5. The van der Waals surface area contributed by atoms with E-state index in [1.165, 1.54) is 0 Å². The predicted octanol–water partition coefficient (Wildman–Crippen LogP) is 4.67. The summed E-state index contributed by atoms with van der Waals surface area (Å²) in [5, 5.41) is 3.16. The van der Waals surface area contributed by atoms with Crippen LogP contribution in [0.5, 0.6) is 0 Å². The molecule has 0 bridgehead atoms. The molecule has 0 saturated heterocycles. The lowest BCUT2D eigenvalue weighted by Crippen LogP contribution is -2.30. The van der Waals surface area contributed by atoms with E-state index in [2.05, 4.69) is 10.3 Å². The van der Waals surface area contributed by atoms with E-state index in [4.69, 9.17) is 4.74 Å². The number of nitrogens with one attached hydrogen (secondary N) is 1. The van der Waals surface area contributed by atoms with E-state index in [1.807, 2.05) is 37.3 Å². The molecule has 0 radical (unpaired) electrons. The number of aromatic nitrogens is 1. The van der Waals surface area contributed by atoms with Crippen molar-refractivity contribution in [1.82, 2.24) is 4.98 Å². The maximum absolute atomic E-state index is 13.0. The normalized spacial score (nSPS) is 10.3. The third kappa shape index (κ3) is 4.99. The van der Waals surface area contributed by atoms with Crippen LogP contribution in [0.2, 0.25) is 0 Å². The van der Waals surface area contributed by atoms with E-state index in [9.17, 15) is 9.59 Å². The molecule has 0 aliphatic carbocycles. The van der Waals surface area contributed by atoms with Crippen LogP contribution in [0.4, 0.5) is 17.2 Å². The molecule has 0 aliphatic heterocycles. The van der Waals surface area contributed by atoms with Crippen LogP contribution < -0.4 is 10.2 Å². The van der Waals surface area contributed by atoms with E-state index < -0.39 is 0 Å². The Balaban J connectivity index is 1.75. The Morgan fingerprint density at radius 2 is 1.69 bits per heavy atom. The maximum atomic E-state index is 13.0. The quantitative estimate of drug-likeness (QED) is 0.595. The average molecular weight is 389 g/mol. The molecular formula is C23H23N3O3. The molecule has 1 N–H and O–H groups in total. The molecule has 3 rings (SSSR count). The highest BCUT2D eigenvalue weighted by molar-refractivity contribution is 6.06. The summed E-state index contributed by atoms with van der Waals surface area (Å²) in [5.74, 6) is 0.0935. The van der Waals surface area contributed by atoms with E-state index in [0.29, 0.717) is 30.1 Å². The number of para-hydroxylation sites is 1. The molecule has 1 aromatic heterocycles. The van der Waals surface area contributed by atoms with Gasteiger partial charge in [-0.2, -0.15) is 0 Å². The Morgan fingerprint density at radius 3 is 2.34 bits per heavy atom. The monoisotopic (exact) mass is 389 g/mol. The summed E-state index contributed by atoms with van der Waals surface area (Å²) in [6, 6.07) is 19.9. The lowest BCUT2D eigenvalue weighted by molar-refractivity contribution is 0.0526. The number of hydrogen-bond acceptors (Lipinski definition) is 5. The van der Waals surface area contributed by atoms with E-state index in [0.717, 1.165) is 11.4 Å². The minimum absolute atomic E-state index is 0.0955. The second-order valence-electron chi connectivity index (χ2n) is 6.24. The van der Waals surface area contributed by atoms with Gasteiger partial charge in [0.15, 0.2) is 0 Å². The van der Waals surface area contributed by atoms with Crippen LogP contribution in [-0.2, 0) is 4.74 Å². The first kappa shape index (κ1) is 20.1. The van der Waals surface area contributed by atoms with Gasteiger partial charge in [-0.25, -0.2) is 9.78 Å². The predicted molar refractivity (Wildman–Crippen MR) is 114 cm³/mol. The number of benzene rings is 2. The molecule has 0 spiro atoms. The lowest BCUT2D eigenvalue weighted by atomic mass is 10.2. The molecule has 3 aromatic rings. The van der Waals surface area contributed by atoms with Gasteiger partial charge in [0.25, 0.3) is 5.91 Å². The number of amides is 1. The van der Waals surface area contributed by atoms with Gasteiger partial charge in [-0.05, 0) is 62.4 Å². The fourth-order valence-electron chi connectivity index (χ4n) is 2.89. The fourth-order valence-corrected chi connectivity index (χ4v) is 2.89. The summed E-state index contributed by atoms with van der Waals surface area (Å²) in [6.07, 6.45) is 1.60. The van der Waals surface area contributed by atoms with Crippen molar-refractivity contribution in [2.45, 2.75) is 13.8 Å². The van der Waals surface area contributed by atoms with E-state index >= 15 is 0 Å². The van der Waals surface area contributed by atoms with Gasteiger partial charge >= 0.3 is 5.97 Å². The summed E-state index contributed by atoms with van der Waals surface area (Å²) in [7, 11) is 0. The minimum Gasteiger partial charge on any atom is -0.462 e. The fraction of sp³-hybridized carbons (Fsp3) is 0.174. The van der Waals surface area contributed by atoms with Gasteiger partial charge < -0.3 is 15.0 Å². The zero-order chi connectivity index (χ0) is 20.6. The Morgan fingerprint density at radius 1 is 0.966 bits per heavy atom. The third-order valence-electron chi connectivity index (χ3n) is 4.30. The van der Waals surface area contributed by atoms with Crippen LogP contribution in [0.1, 0.15) is 34.6 Å². The first-order chi connectivity index (χ1) is 14.1. The SMILES string of the molecule is CCOC(=O)c1ccc(Nc2cc(C(=O)N(CC)c3ccccc3)ccn2)cc1. The number of anilines is 3. The number of nitrogens with zero attached hydrogens (tertiary/aromatic N) is 2. The van der Waals surface area contributed by atoms with Crippen molar-refractivity contribution in [2.24, 2.45) is 0 Å². The molecule has 0 saturated carbocycles. The molecule has 6 nitrogen and oxygen atoms in total. The van der Waals surface area contributed by atoms with Gasteiger partial charge in [0.2, 0.25) is 0 Å². The smallest absolute Gasteiger partial charge is 0.338 e. The van der Waals surface area contributed by atoms with E-state index in [1.54, 1.807) is 54.4 Å².